The number of phosphoric ester groups is 1. The quantitative estimate of drug-likeness (QED) is 0.0267. The van der Waals surface area contributed by atoms with Gasteiger partial charge in [0.05, 0.1) is 13.2 Å². The molecule has 0 radical (unpaired) electrons. The highest BCUT2D eigenvalue weighted by atomic mass is 31.2. The molecular weight excluding hydrogens is 737 g/mol. The van der Waals surface area contributed by atoms with Crippen LogP contribution in [0.5, 0.6) is 0 Å². The van der Waals surface area contributed by atoms with Gasteiger partial charge in [-0.1, -0.05) is 190 Å². The highest BCUT2D eigenvalue weighted by Gasteiger charge is 2.25. The minimum atomic E-state index is -4.39. The van der Waals surface area contributed by atoms with Gasteiger partial charge in [-0.25, -0.2) is 4.57 Å². The van der Waals surface area contributed by atoms with Gasteiger partial charge in [0.1, 0.15) is 6.61 Å². The Hall–Kier alpha value is -2.29. The van der Waals surface area contributed by atoms with Crippen molar-refractivity contribution < 1.29 is 37.6 Å². The normalized spacial score (nSPS) is 13.8. The monoisotopic (exact) mass is 822 g/mol. The van der Waals surface area contributed by atoms with Crippen LogP contribution in [-0.2, 0) is 32.7 Å². The van der Waals surface area contributed by atoms with Gasteiger partial charge in [0.15, 0.2) is 6.10 Å². The van der Waals surface area contributed by atoms with Gasteiger partial charge in [0.2, 0.25) is 0 Å². The van der Waals surface area contributed by atoms with E-state index in [2.05, 4.69) is 68.5 Å². The Morgan fingerprint density at radius 3 is 1.42 bits per heavy atom. The molecule has 0 amide bonds. The highest BCUT2D eigenvalue weighted by molar-refractivity contribution is 7.47. The van der Waals surface area contributed by atoms with Crippen LogP contribution >= 0.6 is 7.82 Å². The van der Waals surface area contributed by atoms with Crippen LogP contribution in [0.4, 0.5) is 0 Å². The van der Waals surface area contributed by atoms with E-state index in [0.29, 0.717) is 12.8 Å². The molecule has 0 aromatic carbocycles. The molecule has 57 heavy (non-hydrogen) atoms. The molecule has 0 aliphatic heterocycles. The second-order valence-corrected chi connectivity index (χ2v) is 16.3. The Balaban J connectivity index is 4.18. The van der Waals surface area contributed by atoms with Crippen LogP contribution < -0.4 is 5.73 Å². The molecule has 2 atom stereocenters. The molecule has 0 heterocycles. The number of unbranched alkanes of at least 4 members (excludes halogenated alkanes) is 19. The number of hydrogen-bond donors (Lipinski definition) is 2. The van der Waals surface area contributed by atoms with Crippen molar-refractivity contribution in [2.24, 2.45) is 5.73 Å². The molecule has 0 rings (SSSR count). The van der Waals surface area contributed by atoms with Crippen LogP contribution in [0.25, 0.3) is 0 Å². The van der Waals surface area contributed by atoms with Gasteiger partial charge in [-0.3, -0.25) is 18.6 Å². The third kappa shape index (κ3) is 43.1. The highest BCUT2D eigenvalue weighted by Crippen LogP contribution is 2.43. The summed E-state index contributed by atoms with van der Waals surface area (Å²) >= 11 is 0. The van der Waals surface area contributed by atoms with Crippen molar-refractivity contribution in [1.82, 2.24) is 0 Å². The largest absolute Gasteiger partial charge is 0.472 e. The Morgan fingerprint density at radius 1 is 0.544 bits per heavy atom. The van der Waals surface area contributed by atoms with Crippen LogP contribution in [0.3, 0.4) is 0 Å². The van der Waals surface area contributed by atoms with Crippen LogP contribution in [0.15, 0.2) is 60.8 Å². The molecule has 0 aromatic rings. The van der Waals surface area contributed by atoms with E-state index in [1.165, 1.54) is 103 Å². The van der Waals surface area contributed by atoms with Gasteiger partial charge in [-0.15, -0.1) is 0 Å². The van der Waals surface area contributed by atoms with Crippen LogP contribution in [-0.4, -0.2) is 49.3 Å². The summed E-state index contributed by atoms with van der Waals surface area (Å²) in [5.74, 6) is -0.894. The lowest BCUT2D eigenvalue weighted by atomic mass is 10.0. The van der Waals surface area contributed by atoms with Crippen molar-refractivity contribution in [3.63, 3.8) is 0 Å². The zero-order chi connectivity index (χ0) is 41.8. The van der Waals surface area contributed by atoms with Crippen LogP contribution in [0.2, 0.25) is 0 Å². The van der Waals surface area contributed by atoms with E-state index in [9.17, 15) is 19.0 Å². The van der Waals surface area contributed by atoms with Crippen LogP contribution in [0, 0.1) is 0 Å². The molecule has 0 aliphatic rings. The first-order valence-corrected chi connectivity index (χ1v) is 24.3. The molecule has 9 nitrogen and oxygen atoms in total. The number of phosphoric acid groups is 1. The average molecular weight is 822 g/mol. The summed E-state index contributed by atoms with van der Waals surface area (Å²) in [6.07, 6.45) is 51.2. The first-order chi connectivity index (χ1) is 27.8. The summed E-state index contributed by atoms with van der Waals surface area (Å²) in [4.78, 5) is 34.9. The first-order valence-electron chi connectivity index (χ1n) is 22.8. The zero-order valence-corrected chi connectivity index (χ0v) is 37.2. The molecule has 1 unspecified atom stereocenters. The number of carbonyl (C=O) groups excluding carboxylic acids is 2. The third-order valence-electron chi connectivity index (χ3n) is 9.42. The molecule has 0 aliphatic carbocycles. The van der Waals surface area contributed by atoms with E-state index >= 15 is 0 Å². The lowest BCUT2D eigenvalue weighted by Crippen LogP contribution is -2.29. The summed E-state index contributed by atoms with van der Waals surface area (Å²) in [5.41, 5.74) is 5.35. The fraction of sp³-hybridized carbons (Fsp3) is 0.745. The maximum atomic E-state index is 12.6. The van der Waals surface area contributed by atoms with Gasteiger partial charge < -0.3 is 20.1 Å². The van der Waals surface area contributed by atoms with Crippen molar-refractivity contribution in [2.75, 3.05) is 26.4 Å². The Labute approximate surface area is 349 Å². The Morgan fingerprint density at radius 2 is 0.965 bits per heavy atom. The Kier molecular flexibility index (Phi) is 41.6. The van der Waals surface area contributed by atoms with Gasteiger partial charge in [-0.2, -0.15) is 0 Å². The standard InChI is InChI=1S/C47H84NO8P/c1-3-5-7-9-11-13-15-17-19-21-22-24-25-27-29-31-33-35-37-39-46(49)53-43-45(44-55-57(51,52)54-42-41-48)56-47(50)40-38-36-34-32-30-28-26-23-20-18-16-14-12-10-8-6-4-2/h6,8,12,14,18,20,26,28,32,34,45H,3-5,7,9-11,13,15-17,19,21-25,27,29-31,33,35-44,48H2,1-2H3,(H,51,52)/t45-/m1/s1. The van der Waals surface area contributed by atoms with Crippen molar-refractivity contribution in [3.8, 4) is 0 Å². The molecule has 0 spiro atoms. The molecule has 3 N–H and O–H groups in total. The average Bonchev–Trinajstić information content (AvgIpc) is 3.20. The number of rotatable bonds is 42. The topological polar surface area (TPSA) is 134 Å². The number of esters is 2. The van der Waals surface area contributed by atoms with E-state index < -0.39 is 32.5 Å². The number of carbonyl (C=O) groups is 2. The smallest absolute Gasteiger partial charge is 0.462 e. The predicted octanol–water partition coefficient (Wildman–Crippen LogP) is 13.3. The molecule has 10 heteroatoms. The molecule has 0 bridgehead atoms. The van der Waals surface area contributed by atoms with E-state index in [0.717, 1.165) is 51.4 Å². The minimum Gasteiger partial charge on any atom is -0.462 e. The molecule has 330 valence electrons. The van der Waals surface area contributed by atoms with Crippen molar-refractivity contribution >= 4 is 19.8 Å². The number of ether oxygens (including phenoxy) is 2. The van der Waals surface area contributed by atoms with Gasteiger partial charge in [0, 0.05) is 19.4 Å². The summed E-state index contributed by atoms with van der Waals surface area (Å²) in [6.45, 7) is 3.56. The summed E-state index contributed by atoms with van der Waals surface area (Å²) in [7, 11) is -4.39. The second kappa shape index (κ2) is 43.3. The second-order valence-electron chi connectivity index (χ2n) is 14.9. The van der Waals surface area contributed by atoms with E-state index in [4.69, 9.17) is 24.3 Å². The van der Waals surface area contributed by atoms with E-state index in [-0.39, 0.29) is 32.6 Å². The maximum Gasteiger partial charge on any atom is 0.472 e. The molecular formula is C47H84NO8P. The summed E-state index contributed by atoms with van der Waals surface area (Å²) < 4.78 is 32.8. The zero-order valence-electron chi connectivity index (χ0n) is 36.3. The fourth-order valence-corrected chi connectivity index (χ4v) is 6.85. The summed E-state index contributed by atoms with van der Waals surface area (Å²) in [6, 6.07) is 0. The van der Waals surface area contributed by atoms with Crippen LogP contribution in [0.1, 0.15) is 194 Å². The lowest BCUT2D eigenvalue weighted by molar-refractivity contribution is -0.161. The van der Waals surface area contributed by atoms with Gasteiger partial charge in [0.25, 0.3) is 0 Å². The minimum absolute atomic E-state index is 0.0430. The van der Waals surface area contributed by atoms with E-state index in [1.807, 2.05) is 6.08 Å². The number of nitrogens with two attached hydrogens (primary N) is 1. The molecule has 0 saturated heterocycles. The third-order valence-corrected chi connectivity index (χ3v) is 10.4. The Bertz CT molecular complexity index is 1120. The lowest BCUT2D eigenvalue weighted by Gasteiger charge is -2.19. The first kappa shape index (κ1) is 54.7. The van der Waals surface area contributed by atoms with E-state index in [1.54, 1.807) is 0 Å². The molecule has 0 saturated carbocycles. The maximum absolute atomic E-state index is 12.6. The number of hydrogen-bond acceptors (Lipinski definition) is 8. The van der Waals surface area contributed by atoms with Crippen molar-refractivity contribution in [2.45, 2.75) is 200 Å². The molecule has 0 fully saturated rings. The molecule has 0 aromatic heterocycles. The summed E-state index contributed by atoms with van der Waals surface area (Å²) in [5, 5.41) is 0. The van der Waals surface area contributed by atoms with Crippen molar-refractivity contribution in [3.05, 3.63) is 60.8 Å². The fourth-order valence-electron chi connectivity index (χ4n) is 6.08. The van der Waals surface area contributed by atoms with Gasteiger partial charge >= 0.3 is 19.8 Å². The SMILES string of the molecule is CCC=CCC=CCC=CCC=CCC=CCCCC(=O)O[C@H](COC(=O)CCCCCCCCCCCCCCCCCCCCC)COP(=O)(O)OCCN. The number of allylic oxidation sites excluding steroid dienone is 10. The van der Waals surface area contributed by atoms with Gasteiger partial charge in [-0.05, 0) is 51.4 Å². The predicted molar refractivity (Wildman–Crippen MR) is 238 cm³/mol. The van der Waals surface area contributed by atoms with Crippen molar-refractivity contribution in [1.29, 1.82) is 0 Å².